The van der Waals surface area contributed by atoms with Gasteiger partial charge in [-0.3, -0.25) is 25.2 Å². The molecule has 126 valence electrons. The maximum Gasteiger partial charge on any atom is 0.290 e. The number of halogens is 1. The normalized spacial score (nSPS) is 10.2. The fourth-order valence-corrected chi connectivity index (χ4v) is 1.96. The third kappa shape index (κ3) is 4.73. The summed E-state index contributed by atoms with van der Waals surface area (Å²) < 4.78 is 14.0. The second-order valence-electron chi connectivity index (χ2n) is 5.09. The van der Waals surface area contributed by atoms with Crippen molar-refractivity contribution >= 4 is 11.8 Å². The van der Waals surface area contributed by atoms with Crippen LogP contribution in [-0.4, -0.2) is 21.6 Å². The van der Waals surface area contributed by atoms with Crippen molar-refractivity contribution in [3.8, 4) is 0 Å². The number of aromatic nitrogens is 2. The molecule has 2 aromatic rings. The van der Waals surface area contributed by atoms with Crippen LogP contribution in [0.5, 0.6) is 0 Å². The highest BCUT2D eigenvalue weighted by Gasteiger charge is 2.11. The van der Waals surface area contributed by atoms with Crippen LogP contribution in [0.1, 0.15) is 29.4 Å². The standard InChI is InChI=1S/C16H17FN4O3/c1-2-9-21-15(23)8-7-13(20-21)16(24)19-18-14(22)10-11-3-5-12(17)6-4-11/h3-8H,2,9-10H2,1H3,(H,18,22)(H,19,24). The summed E-state index contributed by atoms with van der Waals surface area (Å²) in [5.41, 5.74) is 4.81. The molecule has 1 aromatic carbocycles. The third-order valence-corrected chi connectivity index (χ3v) is 3.13. The number of hydrazine groups is 1. The van der Waals surface area contributed by atoms with Gasteiger partial charge < -0.3 is 0 Å². The maximum atomic E-state index is 12.8. The lowest BCUT2D eigenvalue weighted by Crippen LogP contribution is -2.43. The van der Waals surface area contributed by atoms with E-state index in [-0.39, 0.29) is 23.5 Å². The lowest BCUT2D eigenvalue weighted by Gasteiger charge is -2.08. The van der Waals surface area contributed by atoms with Gasteiger partial charge in [-0.2, -0.15) is 5.10 Å². The van der Waals surface area contributed by atoms with Crippen molar-refractivity contribution in [1.82, 2.24) is 20.6 Å². The van der Waals surface area contributed by atoms with Crippen LogP contribution in [0.15, 0.2) is 41.2 Å². The SMILES string of the molecule is CCCn1nc(C(=O)NNC(=O)Cc2ccc(F)cc2)ccc1=O. The largest absolute Gasteiger partial charge is 0.290 e. The molecular weight excluding hydrogens is 315 g/mol. The number of aryl methyl sites for hydroxylation is 1. The van der Waals surface area contributed by atoms with Gasteiger partial charge in [-0.25, -0.2) is 9.07 Å². The first-order valence-corrected chi connectivity index (χ1v) is 7.41. The van der Waals surface area contributed by atoms with Gasteiger partial charge in [0.25, 0.3) is 11.5 Å². The highest BCUT2D eigenvalue weighted by molar-refractivity contribution is 5.93. The molecule has 1 heterocycles. The van der Waals surface area contributed by atoms with Crippen LogP contribution in [0.3, 0.4) is 0 Å². The average molecular weight is 332 g/mol. The Hall–Kier alpha value is -3.03. The van der Waals surface area contributed by atoms with Crippen LogP contribution in [0.25, 0.3) is 0 Å². The molecule has 8 heteroatoms. The van der Waals surface area contributed by atoms with Gasteiger partial charge in [-0.1, -0.05) is 19.1 Å². The smallest absolute Gasteiger partial charge is 0.273 e. The van der Waals surface area contributed by atoms with Gasteiger partial charge in [0.05, 0.1) is 6.42 Å². The Bertz CT molecular complexity index is 787. The fourth-order valence-electron chi connectivity index (χ4n) is 1.96. The number of nitrogens with one attached hydrogen (secondary N) is 2. The summed E-state index contributed by atoms with van der Waals surface area (Å²) in [6, 6.07) is 8.01. The summed E-state index contributed by atoms with van der Waals surface area (Å²) in [6.45, 7) is 2.29. The zero-order chi connectivity index (χ0) is 17.5. The number of hydrogen-bond acceptors (Lipinski definition) is 4. The lowest BCUT2D eigenvalue weighted by atomic mass is 10.1. The van der Waals surface area contributed by atoms with Crippen LogP contribution < -0.4 is 16.4 Å². The molecule has 0 saturated heterocycles. The molecule has 2 amide bonds. The predicted molar refractivity (Wildman–Crippen MR) is 84.5 cm³/mol. The molecule has 0 atom stereocenters. The molecule has 0 aliphatic heterocycles. The molecule has 0 fully saturated rings. The third-order valence-electron chi connectivity index (χ3n) is 3.13. The van der Waals surface area contributed by atoms with Crippen molar-refractivity contribution in [2.75, 3.05) is 0 Å². The van der Waals surface area contributed by atoms with E-state index < -0.39 is 11.8 Å². The Balaban J connectivity index is 1.92. The van der Waals surface area contributed by atoms with Gasteiger partial charge in [0.2, 0.25) is 5.91 Å². The van der Waals surface area contributed by atoms with Crippen LogP contribution in [0.2, 0.25) is 0 Å². The van der Waals surface area contributed by atoms with Crippen molar-refractivity contribution in [3.63, 3.8) is 0 Å². The molecule has 0 bridgehead atoms. The van der Waals surface area contributed by atoms with E-state index in [2.05, 4.69) is 16.0 Å². The molecule has 0 saturated carbocycles. The van der Waals surface area contributed by atoms with E-state index in [1.807, 2.05) is 6.92 Å². The number of amides is 2. The van der Waals surface area contributed by atoms with Crippen LogP contribution in [0, 0.1) is 5.82 Å². The average Bonchev–Trinajstić information content (AvgIpc) is 2.57. The van der Waals surface area contributed by atoms with E-state index in [1.165, 1.54) is 41.1 Å². The summed E-state index contributed by atoms with van der Waals surface area (Å²) in [5.74, 6) is -1.48. The predicted octanol–water partition coefficient (Wildman–Crippen LogP) is 0.796. The second kappa shape index (κ2) is 8.00. The zero-order valence-electron chi connectivity index (χ0n) is 13.1. The Morgan fingerprint density at radius 2 is 1.83 bits per heavy atom. The zero-order valence-corrected chi connectivity index (χ0v) is 13.1. The number of carbonyl (C=O) groups is 2. The van der Waals surface area contributed by atoms with Crippen molar-refractivity contribution in [1.29, 1.82) is 0 Å². The molecule has 2 N–H and O–H groups in total. The van der Waals surface area contributed by atoms with Crippen molar-refractivity contribution in [2.45, 2.75) is 26.3 Å². The Morgan fingerprint density at radius 1 is 1.12 bits per heavy atom. The van der Waals surface area contributed by atoms with Crippen molar-refractivity contribution in [2.24, 2.45) is 0 Å². The summed E-state index contributed by atoms with van der Waals surface area (Å²) in [4.78, 5) is 35.3. The quantitative estimate of drug-likeness (QED) is 0.792. The van der Waals surface area contributed by atoms with Gasteiger partial charge in [0.1, 0.15) is 5.82 Å². The maximum absolute atomic E-state index is 12.8. The minimum absolute atomic E-state index is 0.0106. The second-order valence-corrected chi connectivity index (χ2v) is 5.09. The lowest BCUT2D eigenvalue weighted by molar-refractivity contribution is -0.121. The molecule has 7 nitrogen and oxygen atoms in total. The number of rotatable bonds is 5. The van der Waals surface area contributed by atoms with Gasteiger partial charge >= 0.3 is 0 Å². The molecule has 0 radical (unpaired) electrons. The van der Waals surface area contributed by atoms with Crippen LogP contribution >= 0.6 is 0 Å². The summed E-state index contributed by atoms with van der Waals surface area (Å²) in [5, 5.41) is 3.93. The van der Waals surface area contributed by atoms with Crippen molar-refractivity contribution in [3.05, 3.63) is 63.8 Å². The van der Waals surface area contributed by atoms with E-state index in [4.69, 9.17) is 0 Å². The monoisotopic (exact) mass is 332 g/mol. The fraction of sp³-hybridized carbons (Fsp3) is 0.250. The van der Waals surface area contributed by atoms with Gasteiger partial charge in [-0.15, -0.1) is 0 Å². The molecule has 0 aliphatic carbocycles. The first kappa shape index (κ1) is 17.3. The van der Waals surface area contributed by atoms with E-state index >= 15 is 0 Å². The number of carbonyl (C=O) groups excluding carboxylic acids is 2. The van der Waals surface area contributed by atoms with Crippen LogP contribution in [0.4, 0.5) is 4.39 Å². The molecule has 1 aromatic heterocycles. The number of hydrogen-bond donors (Lipinski definition) is 2. The van der Waals surface area contributed by atoms with E-state index in [0.717, 1.165) is 0 Å². The molecule has 0 spiro atoms. The van der Waals surface area contributed by atoms with Crippen molar-refractivity contribution < 1.29 is 14.0 Å². The number of nitrogens with zero attached hydrogens (tertiary/aromatic N) is 2. The minimum atomic E-state index is -0.632. The van der Waals surface area contributed by atoms with Gasteiger partial charge in [0.15, 0.2) is 5.69 Å². The Morgan fingerprint density at radius 3 is 2.50 bits per heavy atom. The van der Waals surface area contributed by atoms with Gasteiger partial charge in [-0.05, 0) is 30.2 Å². The molecule has 24 heavy (non-hydrogen) atoms. The first-order chi connectivity index (χ1) is 11.5. The van der Waals surface area contributed by atoms with Gasteiger partial charge in [0, 0.05) is 12.6 Å². The molecule has 2 rings (SSSR count). The molecular formula is C16H17FN4O3. The number of benzene rings is 1. The van der Waals surface area contributed by atoms with Crippen LogP contribution in [-0.2, 0) is 17.8 Å². The summed E-state index contributed by atoms with van der Waals surface area (Å²) in [6.07, 6.45) is 0.690. The topological polar surface area (TPSA) is 93.1 Å². The van der Waals surface area contributed by atoms with E-state index in [9.17, 15) is 18.8 Å². The Labute approximate surface area is 137 Å². The summed E-state index contributed by atoms with van der Waals surface area (Å²) >= 11 is 0. The molecule has 0 aliphatic rings. The van der Waals surface area contributed by atoms with E-state index in [1.54, 1.807) is 0 Å². The minimum Gasteiger partial charge on any atom is -0.273 e. The highest BCUT2D eigenvalue weighted by atomic mass is 19.1. The van der Waals surface area contributed by atoms with E-state index in [0.29, 0.717) is 18.5 Å². The Kier molecular flexibility index (Phi) is 5.78. The highest BCUT2D eigenvalue weighted by Crippen LogP contribution is 2.03. The molecule has 0 unspecified atom stereocenters. The first-order valence-electron chi connectivity index (χ1n) is 7.41. The summed E-state index contributed by atoms with van der Waals surface area (Å²) in [7, 11) is 0.